The van der Waals surface area contributed by atoms with Crippen LogP contribution in [0, 0.1) is 0 Å². The Labute approximate surface area is 203 Å². The molecule has 5 rings (SSSR count). The Kier molecular flexibility index (Phi) is 5.87. The van der Waals surface area contributed by atoms with Crippen LogP contribution in [0.25, 0.3) is 16.7 Å². The monoisotopic (exact) mass is 491 g/mol. The topological polar surface area (TPSA) is 128 Å². The van der Waals surface area contributed by atoms with Crippen molar-refractivity contribution in [2.75, 3.05) is 11.5 Å². The summed E-state index contributed by atoms with van der Waals surface area (Å²) >= 11 is 6.56. The van der Waals surface area contributed by atoms with Crippen LogP contribution >= 0.6 is 11.6 Å². The minimum Gasteiger partial charge on any atom is -0.477 e. The van der Waals surface area contributed by atoms with Crippen LogP contribution in [0.2, 0.25) is 5.02 Å². The van der Waals surface area contributed by atoms with E-state index >= 15 is 0 Å². The number of ether oxygens (including phenoxy) is 1. The third kappa shape index (κ3) is 4.19. The molecule has 0 aliphatic carbocycles. The van der Waals surface area contributed by atoms with Gasteiger partial charge in [-0.3, -0.25) is 19.1 Å². The molecule has 10 nitrogen and oxygen atoms in total. The Morgan fingerprint density at radius 3 is 2.74 bits per heavy atom. The Balaban J connectivity index is 1.63. The van der Waals surface area contributed by atoms with Crippen molar-refractivity contribution in [2.24, 2.45) is 0 Å². The number of benzene rings is 1. The van der Waals surface area contributed by atoms with E-state index in [1.807, 2.05) is 0 Å². The number of nitrogens with zero attached hydrogens (tertiary/aromatic N) is 5. The lowest BCUT2D eigenvalue weighted by Crippen LogP contribution is -2.37. The zero-order chi connectivity index (χ0) is 24.5. The summed E-state index contributed by atoms with van der Waals surface area (Å²) in [5.41, 5.74) is -0.407. The second kappa shape index (κ2) is 9.15. The number of hydrogen-bond donors (Lipinski definition) is 1. The maximum atomic E-state index is 12.9. The van der Waals surface area contributed by atoms with Gasteiger partial charge in [-0.25, -0.2) is 14.8 Å². The smallest absolute Gasteiger partial charge is 0.341 e. The highest BCUT2D eigenvalue weighted by Crippen LogP contribution is 2.36. The first-order valence-electron chi connectivity index (χ1n) is 10.7. The molecule has 1 aliphatic rings. The summed E-state index contributed by atoms with van der Waals surface area (Å²) < 4.78 is 7.24. The quantitative estimate of drug-likeness (QED) is 0.436. The van der Waals surface area contributed by atoms with Gasteiger partial charge in [0.15, 0.2) is 5.82 Å². The van der Waals surface area contributed by atoms with Gasteiger partial charge in [-0.1, -0.05) is 17.7 Å². The number of carboxylic acid groups (broad SMARTS) is 1. The molecule has 1 saturated heterocycles. The van der Waals surface area contributed by atoms with Gasteiger partial charge in [-0.05, 0) is 24.6 Å². The summed E-state index contributed by atoms with van der Waals surface area (Å²) in [5, 5.41) is 9.78. The summed E-state index contributed by atoms with van der Waals surface area (Å²) in [6.07, 6.45) is 8.03. The Bertz CT molecular complexity index is 1490. The Hall–Kier alpha value is -4.31. The Morgan fingerprint density at radius 2 is 2.03 bits per heavy atom. The van der Waals surface area contributed by atoms with Gasteiger partial charge in [0.05, 0.1) is 28.5 Å². The molecule has 4 heterocycles. The molecule has 11 heteroatoms. The molecule has 1 N–H and O–H groups in total. The largest absolute Gasteiger partial charge is 0.477 e. The number of fused-ring (bicyclic) bond motifs is 1. The average Bonchev–Trinajstić information content (AvgIpc) is 3.24. The van der Waals surface area contributed by atoms with Crippen molar-refractivity contribution in [3.8, 4) is 11.7 Å². The molecule has 0 bridgehead atoms. The summed E-state index contributed by atoms with van der Waals surface area (Å²) in [5.74, 6) is -0.780. The second-order valence-corrected chi connectivity index (χ2v) is 8.27. The number of carbonyl (C=O) groups is 2. The molecule has 0 spiro atoms. The number of hydrogen-bond acceptors (Lipinski definition) is 7. The van der Waals surface area contributed by atoms with Gasteiger partial charge >= 0.3 is 5.97 Å². The molecule has 1 fully saturated rings. The number of carboxylic acids is 1. The van der Waals surface area contributed by atoms with Crippen LogP contribution in [0.1, 0.15) is 23.2 Å². The molecule has 1 atom stereocenters. The average molecular weight is 492 g/mol. The molecule has 0 saturated carbocycles. The molecule has 1 aromatic carbocycles. The number of anilines is 1. The fraction of sp³-hybridized carbons (Fsp3) is 0.167. The van der Waals surface area contributed by atoms with E-state index in [1.165, 1.54) is 35.4 Å². The summed E-state index contributed by atoms with van der Waals surface area (Å²) in [6.45, 7) is 0.200. The van der Waals surface area contributed by atoms with Crippen LogP contribution < -0.4 is 15.1 Å². The van der Waals surface area contributed by atoms with Crippen molar-refractivity contribution in [1.82, 2.24) is 19.5 Å². The zero-order valence-electron chi connectivity index (χ0n) is 18.2. The van der Waals surface area contributed by atoms with Gasteiger partial charge in [0.2, 0.25) is 17.2 Å². The van der Waals surface area contributed by atoms with Crippen LogP contribution in [0.15, 0.2) is 66.1 Å². The third-order valence-corrected chi connectivity index (χ3v) is 6.05. The molecule has 4 aromatic rings. The van der Waals surface area contributed by atoms with E-state index in [2.05, 4.69) is 15.0 Å². The first-order chi connectivity index (χ1) is 16.9. The van der Waals surface area contributed by atoms with E-state index in [0.29, 0.717) is 35.7 Å². The fourth-order valence-corrected chi connectivity index (χ4v) is 4.38. The lowest BCUT2D eigenvalue weighted by molar-refractivity contribution is -0.117. The molecule has 176 valence electrons. The number of amides is 1. The predicted octanol–water partition coefficient (Wildman–Crippen LogP) is 3.10. The van der Waals surface area contributed by atoms with Crippen LogP contribution in [0.5, 0.6) is 5.88 Å². The minimum absolute atomic E-state index is 0.0808. The highest BCUT2D eigenvalue weighted by atomic mass is 35.5. The lowest BCUT2D eigenvalue weighted by atomic mass is 10.1. The molecule has 0 radical (unpaired) electrons. The fourth-order valence-electron chi connectivity index (χ4n) is 4.12. The van der Waals surface area contributed by atoms with Gasteiger partial charge in [0.1, 0.15) is 12.2 Å². The summed E-state index contributed by atoms with van der Waals surface area (Å²) in [6, 6.07) is 7.97. The first kappa shape index (κ1) is 22.5. The van der Waals surface area contributed by atoms with E-state index in [9.17, 15) is 19.5 Å². The van der Waals surface area contributed by atoms with E-state index in [-0.39, 0.29) is 29.0 Å². The Morgan fingerprint density at radius 1 is 1.17 bits per heavy atom. The van der Waals surface area contributed by atoms with E-state index in [0.717, 1.165) is 0 Å². The number of pyridine rings is 2. The number of aromatic carboxylic acids is 1. The molecular weight excluding hydrogens is 474 g/mol. The summed E-state index contributed by atoms with van der Waals surface area (Å²) in [7, 11) is 0. The van der Waals surface area contributed by atoms with Gasteiger partial charge in [-0.2, -0.15) is 0 Å². The third-order valence-electron chi connectivity index (χ3n) is 5.75. The zero-order valence-corrected chi connectivity index (χ0v) is 18.9. The molecule has 1 amide bonds. The van der Waals surface area contributed by atoms with Crippen LogP contribution in [-0.2, 0) is 4.79 Å². The molecule has 0 unspecified atom stereocenters. The van der Waals surface area contributed by atoms with Gasteiger partial charge in [-0.15, -0.1) is 0 Å². The van der Waals surface area contributed by atoms with E-state index < -0.39 is 17.0 Å². The highest BCUT2D eigenvalue weighted by molar-refractivity contribution is 6.34. The standard InChI is InChI=1S/C24H18ClN5O5/c25-17-9-15-18(29(20-11-26-7-8-27-20)12-16(23(15)32)24(33)34)10-19(17)30-14(4-5-22(30)31)13-35-21-3-1-2-6-28-21/h1-3,6-12,14H,4-5,13H2,(H,33,34)/t14-/m1/s1. The molecule has 1 aliphatic heterocycles. The van der Waals surface area contributed by atoms with Crippen LogP contribution in [0.3, 0.4) is 0 Å². The number of carbonyl (C=O) groups excluding carboxylic acids is 1. The van der Waals surface area contributed by atoms with E-state index in [4.69, 9.17) is 16.3 Å². The normalized spacial score (nSPS) is 15.5. The molecule has 3 aromatic heterocycles. The molecule has 35 heavy (non-hydrogen) atoms. The van der Waals surface area contributed by atoms with Crippen molar-refractivity contribution in [3.05, 3.63) is 82.1 Å². The number of halogens is 1. The second-order valence-electron chi connectivity index (χ2n) is 7.87. The summed E-state index contributed by atoms with van der Waals surface area (Å²) in [4.78, 5) is 51.5. The number of rotatable bonds is 6. The maximum absolute atomic E-state index is 12.9. The van der Waals surface area contributed by atoms with E-state index in [1.54, 1.807) is 35.4 Å². The van der Waals surface area contributed by atoms with Crippen LogP contribution in [0.4, 0.5) is 5.69 Å². The van der Waals surface area contributed by atoms with Gasteiger partial charge < -0.3 is 14.7 Å². The SMILES string of the molecule is O=C(O)c1cn(-c2cnccn2)c2cc(N3C(=O)CC[C@@H]3COc3ccccn3)c(Cl)cc2c1=O. The van der Waals surface area contributed by atoms with Gasteiger partial charge in [0.25, 0.3) is 0 Å². The first-order valence-corrected chi connectivity index (χ1v) is 11.1. The van der Waals surface area contributed by atoms with Crippen molar-refractivity contribution >= 4 is 40.1 Å². The number of aromatic nitrogens is 4. The lowest BCUT2D eigenvalue weighted by Gasteiger charge is -2.26. The van der Waals surface area contributed by atoms with Crippen LogP contribution in [-0.4, -0.2) is 49.2 Å². The predicted molar refractivity (Wildman–Crippen MR) is 127 cm³/mol. The van der Waals surface area contributed by atoms with Crippen molar-refractivity contribution in [3.63, 3.8) is 0 Å². The highest BCUT2D eigenvalue weighted by Gasteiger charge is 2.34. The van der Waals surface area contributed by atoms with Crippen molar-refractivity contribution in [1.29, 1.82) is 0 Å². The molecular formula is C24H18ClN5O5. The van der Waals surface area contributed by atoms with Gasteiger partial charge in [0, 0.05) is 42.7 Å². The maximum Gasteiger partial charge on any atom is 0.341 e. The van der Waals surface area contributed by atoms with Crippen molar-refractivity contribution < 1.29 is 19.4 Å². The minimum atomic E-state index is -1.38. The van der Waals surface area contributed by atoms with Crippen molar-refractivity contribution in [2.45, 2.75) is 18.9 Å².